The van der Waals surface area contributed by atoms with Crippen LogP contribution >= 0.6 is 0 Å². The normalized spacial score (nSPS) is 17.3. The molecular weight excluding hydrogens is 350 g/mol. The molecule has 0 saturated carbocycles. The van der Waals surface area contributed by atoms with E-state index in [9.17, 15) is 8.42 Å². The number of rotatable bonds is 5. The maximum Gasteiger partial charge on any atom is 0.175 e. The first-order valence-electron chi connectivity index (χ1n) is 8.56. The lowest BCUT2D eigenvalue weighted by atomic mass is 10.2. The van der Waals surface area contributed by atoms with Crippen LogP contribution in [0.25, 0.3) is 11.0 Å². The number of aromatic nitrogens is 2. The maximum absolute atomic E-state index is 11.5. The summed E-state index contributed by atoms with van der Waals surface area (Å²) in [5.74, 6) is 0.960. The Morgan fingerprint density at radius 2 is 1.96 bits per heavy atom. The first-order chi connectivity index (χ1) is 12.5. The summed E-state index contributed by atoms with van der Waals surface area (Å²) < 4.78 is 31.0. The quantitative estimate of drug-likeness (QED) is 0.745. The Labute approximate surface area is 152 Å². The number of nitrogens with one attached hydrogen (secondary N) is 1. The molecule has 0 amide bonds. The summed E-state index contributed by atoms with van der Waals surface area (Å²) >= 11 is 0. The van der Waals surface area contributed by atoms with Gasteiger partial charge in [0.05, 0.1) is 28.6 Å². The number of benzene rings is 2. The second-order valence-electron chi connectivity index (χ2n) is 6.60. The van der Waals surface area contributed by atoms with E-state index in [1.807, 2.05) is 30.3 Å². The Kier molecular flexibility index (Phi) is 4.52. The van der Waals surface area contributed by atoms with E-state index in [4.69, 9.17) is 4.74 Å². The summed E-state index contributed by atoms with van der Waals surface area (Å²) in [6.45, 7) is 2.61. The fraction of sp³-hybridized carbons (Fsp3) is 0.316. The third-order valence-electron chi connectivity index (χ3n) is 4.64. The van der Waals surface area contributed by atoms with Gasteiger partial charge in [-0.25, -0.2) is 13.4 Å². The molecule has 0 fully saturated rings. The lowest BCUT2D eigenvalue weighted by molar-refractivity contribution is 0.0564. The number of ether oxygens (including phenoxy) is 1. The van der Waals surface area contributed by atoms with E-state index in [0.717, 1.165) is 29.0 Å². The van der Waals surface area contributed by atoms with Gasteiger partial charge in [0.2, 0.25) is 0 Å². The average Bonchev–Trinajstić information content (AvgIpc) is 3.01. The van der Waals surface area contributed by atoms with Crippen molar-refractivity contribution in [2.45, 2.75) is 24.1 Å². The molecule has 1 aromatic heterocycles. The number of hydrogen-bond donors (Lipinski definition) is 1. The second kappa shape index (κ2) is 6.83. The van der Waals surface area contributed by atoms with Crippen molar-refractivity contribution in [2.75, 3.05) is 19.4 Å². The number of nitrogens with zero attached hydrogens (tertiary/aromatic N) is 2. The third kappa shape index (κ3) is 3.38. The topological polar surface area (TPSA) is 73.2 Å². The highest BCUT2D eigenvalue weighted by atomic mass is 32.2. The molecule has 1 aliphatic heterocycles. The molecule has 136 valence electrons. The highest BCUT2D eigenvalue weighted by Crippen LogP contribution is 2.25. The number of imidazole rings is 1. The van der Waals surface area contributed by atoms with Crippen LogP contribution in [0.1, 0.15) is 17.4 Å². The fourth-order valence-corrected chi connectivity index (χ4v) is 3.98. The van der Waals surface area contributed by atoms with E-state index in [2.05, 4.69) is 20.9 Å². The van der Waals surface area contributed by atoms with Crippen molar-refractivity contribution in [3.05, 3.63) is 59.9 Å². The van der Waals surface area contributed by atoms with Crippen LogP contribution in [0.4, 0.5) is 0 Å². The minimum Gasteiger partial charge on any atom is -0.371 e. The zero-order valence-corrected chi connectivity index (χ0v) is 15.4. The van der Waals surface area contributed by atoms with E-state index in [1.165, 1.54) is 6.26 Å². The van der Waals surface area contributed by atoms with Crippen LogP contribution in [0.3, 0.4) is 0 Å². The predicted octanol–water partition coefficient (Wildman–Crippen LogP) is 2.30. The van der Waals surface area contributed by atoms with Crippen molar-refractivity contribution in [1.82, 2.24) is 14.9 Å². The molecule has 3 aromatic rings. The van der Waals surface area contributed by atoms with Gasteiger partial charge in [-0.1, -0.05) is 24.3 Å². The molecule has 0 bridgehead atoms. The van der Waals surface area contributed by atoms with E-state index in [0.29, 0.717) is 24.7 Å². The van der Waals surface area contributed by atoms with Crippen LogP contribution in [0.15, 0.2) is 53.4 Å². The van der Waals surface area contributed by atoms with Gasteiger partial charge in [-0.05, 0) is 29.8 Å². The molecule has 2 aromatic carbocycles. The van der Waals surface area contributed by atoms with Crippen molar-refractivity contribution in [3.8, 4) is 0 Å². The molecule has 6 nitrogen and oxygen atoms in total. The van der Waals surface area contributed by atoms with Gasteiger partial charge < -0.3 is 14.6 Å². The molecule has 0 aliphatic carbocycles. The molecule has 2 heterocycles. The minimum absolute atomic E-state index is 0.182. The first-order valence-corrected chi connectivity index (χ1v) is 10.4. The lowest BCUT2D eigenvalue weighted by Crippen LogP contribution is -2.32. The molecule has 1 atom stereocenters. The van der Waals surface area contributed by atoms with Crippen LogP contribution < -0.4 is 5.32 Å². The number of fused-ring (bicyclic) bond motifs is 3. The molecule has 4 rings (SSSR count). The molecule has 26 heavy (non-hydrogen) atoms. The smallest absolute Gasteiger partial charge is 0.175 e. The summed E-state index contributed by atoms with van der Waals surface area (Å²) in [6.07, 6.45) is 1.22. The second-order valence-corrected chi connectivity index (χ2v) is 8.62. The third-order valence-corrected chi connectivity index (χ3v) is 5.76. The Bertz CT molecular complexity index is 1030. The van der Waals surface area contributed by atoms with Gasteiger partial charge >= 0.3 is 0 Å². The van der Waals surface area contributed by atoms with Crippen LogP contribution in [-0.2, 0) is 27.7 Å². The van der Waals surface area contributed by atoms with Gasteiger partial charge in [0.15, 0.2) is 9.84 Å². The van der Waals surface area contributed by atoms with Crippen molar-refractivity contribution in [2.24, 2.45) is 0 Å². The summed E-state index contributed by atoms with van der Waals surface area (Å²) in [7, 11) is -3.15. The van der Waals surface area contributed by atoms with Gasteiger partial charge in [0, 0.05) is 19.3 Å². The summed E-state index contributed by atoms with van der Waals surface area (Å²) in [5.41, 5.74) is 3.18. The van der Waals surface area contributed by atoms with Gasteiger partial charge in [-0.15, -0.1) is 0 Å². The Hall–Kier alpha value is -2.22. The maximum atomic E-state index is 11.5. The average molecular weight is 371 g/mol. The fourth-order valence-electron chi connectivity index (χ4n) is 3.35. The zero-order chi connectivity index (χ0) is 18.1. The molecule has 1 N–H and O–H groups in total. The van der Waals surface area contributed by atoms with Crippen molar-refractivity contribution in [3.63, 3.8) is 0 Å². The van der Waals surface area contributed by atoms with Crippen LogP contribution in [0.5, 0.6) is 0 Å². The van der Waals surface area contributed by atoms with Crippen molar-refractivity contribution >= 4 is 20.9 Å². The summed E-state index contributed by atoms with van der Waals surface area (Å²) in [6, 6.07) is 15.3. The molecule has 7 heteroatoms. The zero-order valence-electron chi connectivity index (χ0n) is 14.6. The van der Waals surface area contributed by atoms with Gasteiger partial charge in [0.1, 0.15) is 12.4 Å². The van der Waals surface area contributed by atoms with Gasteiger partial charge in [0.25, 0.3) is 0 Å². The van der Waals surface area contributed by atoms with Crippen molar-refractivity contribution < 1.29 is 13.2 Å². The van der Waals surface area contributed by atoms with E-state index < -0.39 is 9.84 Å². The van der Waals surface area contributed by atoms with Crippen LogP contribution in [0.2, 0.25) is 0 Å². The van der Waals surface area contributed by atoms with E-state index in [-0.39, 0.29) is 6.04 Å². The Morgan fingerprint density at radius 3 is 2.73 bits per heavy atom. The minimum atomic E-state index is -3.15. The Morgan fingerprint density at radius 1 is 1.19 bits per heavy atom. The Balaban J connectivity index is 1.45. The molecule has 0 unspecified atom stereocenters. The van der Waals surface area contributed by atoms with Gasteiger partial charge in [-0.2, -0.15) is 0 Å². The molecule has 0 spiro atoms. The van der Waals surface area contributed by atoms with Crippen LogP contribution in [0, 0.1) is 0 Å². The standard InChI is InChI=1S/C19H21N3O3S/c1-26(23,24)16-8-6-14(7-9-16)10-20-11-15-12-25-13-19-21-17-4-2-3-5-18(17)22(15)19/h2-9,15,20H,10-13H2,1H3/t15-/m0/s1. The highest BCUT2D eigenvalue weighted by molar-refractivity contribution is 7.90. The van der Waals surface area contributed by atoms with E-state index in [1.54, 1.807) is 12.1 Å². The van der Waals surface area contributed by atoms with Gasteiger partial charge in [-0.3, -0.25) is 0 Å². The van der Waals surface area contributed by atoms with E-state index >= 15 is 0 Å². The van der Waals surface area contributed by atoms with Crippen LogP contribution in [-0.4, -0.2) is 37.4 Å². The summed E-state index contributed by atoms with van der Waals surface area (Å²) in [5, 5.41) is 3.45. The number of para-hydroxylation sites is 2. The highest BCUT2D eigenvalue weighted by Gasteiger charge is 2.23. The summed E-state index contributed by atoms with van der Waals surface area (Å²) in [4.78, 5) is 5.00. The molecule has 0 radical (unpaired) electrons. The largest absolute Gasteiger partial charge is 0.371 e. The number of hydrogen-bond acceptors (Lipinski definition) is 5. The molecular formula is C19H21N3O3S. The molecule has 1 aliphatic rings. The monoisotopic (exact) mass is 371 g/mol. The SMILES string of the molecule is CS(=O)(=O)c1ccc(CNC[C@H]2COCc3nc4ccccc4n32)cc1. The van der Waals surface area contributed by atoms with Crippen molar-refractivity contribution in [1.29, 1.82) is 0 Å². The molecule has 0 saturated heterocycles. The number of sulfone groups is 1. The predicted molar refractivity (Wildman–Crippen MR) is 99.7 cm³/mol. The lowest BCUT2D eigenvalue weighted by Gasteiger charge is -2.26. The first kappa shape index (κ1) is 17.2.